The molecule has 29 heavy (non-hydrogen) atoms. The minimum Gasteiger partial charge on any atom is -0.337 e. The summed E-state index contributed by atoms with van der Waals surface area (Å²) in [4.78, 5) is 12.3. The maximum atomic E-state index is 12.5. The van der Waals surface area contributed by atoms with Gasteiger partial charge in [-0.25, -0.2) is 4.79 Å². The van der Waals surface area contributed by atoms with Crippen LogP contribution in [0.2, 0.25) is 0 Å². The highest BCUT2D eigenvalue weighted by molar-refractivity contribution is 8.00. The lowest BCUT2D eigenvalue weighted by atomic mass is 9.91. The van der Waals surface area contributed by atoms with E-state index in [4.69, 9.17) is 0 Å². The summed E-state index contributed by atoms with van der Waals surface area (Å²) < 4.78 is 37.6. The van der Waals surface area contributed by atoms with Crippen molar-refractivity contribution in [1.29, 1.82) is 0 Å². The van der Waals surface area contributed by atoms with E-state index < -0.39 is 11.5 Å². The molecule has 0 spiro atoms. The predicted octanol–water partition coefficient (Wildman–Crippen LogP) is 6.25. The third-order valence-electron chi connectivity index (χ3n) is 4.20. The lowest BCUT2D eigenvalue weighted by Gasteiger charge is -2.19. The second kappa shape index (κ2) is 9.52. The first kappa shape index (κ1) is 20.8. The Morgan fingerprint density at radius 1 is 0.862 bits per heavy atom. The van der Waals surface area contributed by atoms with Gasteiger partial charge < -0.3 is 10.6 Å². The second-order valence-corrected chi connectivity index (χ2v) is 7.42. The van der Waals surface area contributed by atoms with Crippen LogP contribution >= 0.6 is 11.8 Å². The van der Waals surface area contributed by atoms with Gasteiger partial charge in [-0.1, -0.05) is 66.7 Å². The zero-order valence-corrected chi connectivity index (χ0v) is 16.1. The average Bonchev–Trinajstić information content (AvgIpc) is 2.69. The van der Waals surface area contributed by atoms with Gasteiger partial charge in [0, 0.05) is 23.0 Å². The average molecular weight is 416 g/mol. The Morgan fingerprint density at radius 2 is 1.45 bits per heavy atom. The van der Waals surface area contributed by atoms with Crippen molar-refractivity contribution in [1.82, 2.24) is 5.32 Å². The number of carbonyl (C=O) groups is 1. The first-order valence-electron chi connectivity index (χ1n) is 8.91. The second-order valence-electron chi connectivity index (χ2n) is 6.28. The molecule has 3 rings (SSSR count). The normalized spacial score (nSPS) is 11.3. The Kier molecular flexibility index (Phi) is 6.82. The maximum Gasteiger partial charge on any atom is 0.446 e. The van der Waals surface area contributed by atoms with Gasteiger partial charge in [-0.3, -0.25) is 0 Å². The first-order chi connectivity index (χ1) is 13.9. The highest BCUT2D eigenvalue weighted by Gasteiger charge is 2.29. The van der Waals surface area contributed by atoms with E-state index in [9.17, 15) is 18.0 Å². The molecule has 0 bridgehead atoms. The molecule has 0 aliphatic rings. The number of urea groups is 1. The van der Waals surface area contributed by atoms with Gasteiger partial charge >= 0.3 is 11.5 Å². The van der Waals surface area contributed by atoms with Crippen molar-refractivity contribution in [3.05, 3.63) is 96.1 Å². The third kappa shape index (κ3) is 6.57. The van der Waals surface area contributed by atoms with Gasteiger partial charge in [0.15, 0.2) is 0 Å². The lowest BCUT2D eigenvalue weighted by molar-refractivity contribution is -0.0328. The van der Waals surface area contributed by atoms with Crippen molar-refractivity contribution in [2.24, 2.45) is 0 Å². The van der Waals surface area contributed by atoms with Crippen LogP contribution in [0.5, 0.6) is 0 Å². The molecule has 3 aromatic rings. The maximum absolute atomic E-state index is 12.5. The van der Waals surface area contributed by atoms with Crippen LogP contribution in [0.3, 0.4) is 0 Å². The molecule has 0 saturated heterocycles. The van der Waals surface area contributed by atoms with E-state index in [1.54, 1.807) is 6.07 Å². The molecule has 3 nitrogen and oxygen atoms in total. The van der Waals surface area contributed by atoms with Crippen LogP contribution in [-0.4, -0.2) is 18.1 Å². The van der Waals surface area contributed by atoms with Crippen molar-refractivity contribution in [2.75, 3.05) is 11.9 Å². The molecule has 0 unspecified atom stereocenters. The fourth-order valence-corrected chi connectivity index (χ4v) is 3.54. The molecule has 0 aromatic heterocycles. The molecule has 0 aliphatic carbocycles. The number of rotatable bonds is 6. The molecule has 0 fully saturated rings. The number of anilines is 1. The highest BCUT2D eigenvalue weighted by Crippen LogP contribution is 2.37. The summed E-state index contributed by atoms with van der Waals surface area (Å²) >= 11 is -0.217. The summed E-state index contributed by atoms with van der Waals surface area (Å²) in [6.45, 7) is 0.344. The van der Waals surface area contributed by atoms with Crippen LogP contribution < -0.4 is 10.6 Å². The standard InChI is InChI=1S/C22H19F3N2OS/c23-22(24,25)29-19-13-7-12-18(14-19)27-21(28)26-15-20(16-8-3-1-4-9-16)17-10-5-2-6-11-17/h1-14,20H,15H2,(H2,26,27,28). The Hall–Kier alpha value is -2.93. The summed E-state index contributed by atoms with van der Waals surface area (Å²) in [5.41, 5.74) is -1.96. The zero-order valence-electron chi connectivity index (χ0n) is 15.3. The van der Waals surface area contributed by atoms with Gasteiger partial charge in [0.1, 0.15) is 0 Å². The van der Waals surface area contributed by atoms with Crippen LogP contribution in [0, 0.1) is 0 Å². The number of hydrogen-bond acceptors (Lipinski definition) is 2. The molecule has 3 aromatic carbocycles. The van der Waals surface area contributed by atoms with Gasteiger partial charge in [-0.05, 0) is 41.1 Å². The van der Waals surface area contributed by atoms with Gasteiger partial charge in [0.05, 0.1) is 0 Å². The Balaban J connectivity index is 1.66. The van der Waals surface area contributed by atoms with Crippen molar-refractivity contribution < 1.29 is 18.0 Å². The quantitative estimate of drug-likeness (QED) is 0.466. The van der Waals surface area contributed by atoms with Crippen LogP contribution in [0.1, 0.15) is 17.0 Å². The SMILES string of the molecule is O=C(NCC(c1ccccc1)c1ccccc1)Nc1cccc(SC(F)(F)F)c1. The summed E-state index contributed by atoms with van der Waals surface area (Å²) in [6.07, 6.45) is 0. The smallest absolute Gasteiger partial charge is 0.337 e. The van der Waals surface area contributed by atoms with Crippen LogP contribution in [0.4, 0.5) is 23.7 Å². The van der Waals surface area contributed by atoms with Crippen molar-refractivity contribution >= 4 is 23.5 Å². The van der Waals surface area contributed by atoms with E-state index in [0.717, 1.165) is 11.1 Å². The lowest BCUT2D eigenvalue weighted by Crippen LogP contribution is -2.32. The van der Waals surface area contributed by atoms with Gasteiger partial charge in [-0.15, -0.1) is 0 Å². The molecule has 0 saturated carbocycles. The number of hydrogen-bond donors (Lipinski definition) is 2. The third-order valence-corrected chi connectivity index (χ3v) is 4.92. The zero-order chi connectivity index (χ0) is 20.7. The van der Waals surface area contributed by atoms with E-state index in [1.807, 2.05) is 60.7 Å². The van der Waals surface area contributed by atoms with E-state index in [-0.39, 0.29) is 22.6 Å². The van der Waals surface area contributed by atoms with E-state index in [2.05, 4.69) is 10.6 Å². The number of alkyl halides is 3. The number of benzene rings is 3. The molecule has 0 radical (unpaired) electrons. The van der Waals surface area contributed by atoms with Crippen LogP contribution in [-0.2, 0) is 0 Å². The number of thioether (sulfide) groups is 1. The van der Waals surface area contributed by atoms with Gasteiger partial charge in [-0.2, -0.15) is 13.2 Å². The minimum absolute atomic E-state index is 0.0155. The summed E-state index contributed by atoms with van der Waals surface area (Å²) in [6, 6.07) is 24.8. The number of nitrogens with one attached hydrogen (secondary N) is 2. The Morgan fingerprint density at radius 3 is 2.00 bits per heavy atom. The van der Waals surface area contributed by atoms with Crippen molar-refractivity contribution in [2.45, 2.75) is 16.3 Å². The molecular formula is C22H19F3N2OS. The fourth-order valence-electron chi connectivity index (χ4n) is 2.94. The topological polar surface area (TPSA) is 41.1 Å². The molecule has 2 amide bonds. The van der Waals surface area contributed by atoms with Crippen LogP contribution in [0.15, 0.2) is 89.8 Å². The molecule has 0 heterocycles. The fraction of sp³-hybridized carbons (Fsp3) is 0.136. The molecule has 0 atom stereocenters. The van der Waals surface area contributed by atoms with E-state index in [1.165, 1.54) is 18.2 Å². The number of amides is 2. The highest BCUT2D eigenvalue weighted by atomic mass is 32.2. The largest absolute Gasteiger partial charge is 0.446 e. The molecule has 0 aliphatic heterocycles. The van der Waals surface area contributed by atoms with Crippen molar-refractivity contribution in [3.63, 3.8) is 0 Å². The molecular weight excluding hydrogens is 397 g/mol. The van der Waals surface area contributed by atoms with Gasteiger partial charge in [0.25, 0.3) is 0 Å². The Labute approximate surface area is 171 Å². The van der Waals surface area contributed by atoms with E-state index in [0.29, 0.717) is 12.2 Å². The minimum atomic E-state index is -4.38. The van der Waals surface area contributed by atoms with E-state index >= 15 is 0 Å². The summed E-state index contributed by atoms with van der Waals surface area (Å²) in [5, 5.41) is 5.41. The monoisotopic (exact) mass is 416 g/mol. The molecule has 7 heteroatoms. The number of carbonyl (C=O) groups excluding carboxylic acids is 1. The van der Waals surface area contributed by atoms with Crippen LogP contribution in [0.25, 0.3) is 0 Å². The number of halogens is 3. The van der Waals surface area contributed by atoms with Gasteiger partial charge in [0.2, 0.25) is 0 Å². The van der Waals surface area contributed by atoms with Crippen molar-refractivity contribution in [3.8, 4) is 0 Å². The predicted molar refractivity (Wildman–Crippen MR) is 110 cm³/mol. The molecule has 2 N–H and O–H groups in total. The summed E-state index contributed by atoms with van der Waals surface area (Å²) in [7, 11) is 0. The molecule has 150 valence electrons. The summed E-state index contributed by atoms with van der Waals surface area (Å²) in [5.74, 6) is -0.0460. The Bertz CT molecular complexity index is 894. The first-order valence-corrected chi connectivity index (χ1v) is 9.73.